The van der Waals surface area contributed by atoms with E-state index in [1.165, 1.54) is 6.42 Å². The number of likely N-dealkylation sites (N-methyl/N-ethyl adjacent to an activating group) is 1. The number of nitrogens with one attached hydrogen (secondary N) is 2. The van der Waals surface area contributed by atoms with Crippen LogP contribution in [0.4, 0.5) is 5.69 Å². The fourth-order valence-electron chi connectivity index (χ4n) is 4.07. The topological polar surface area (TPSA) is 58.7 Å². The van der Waals surface area contributed by atoms with Gasteiger partial charge in [-0.15, -0.1) is 0 Å². The summed E-state index contributed by atoms with van der Waals surface area (Å²) >= 11 is 0. The predicted molar refractivity (Wildman–Crippen MR) is 124 cm³/mol. The van der Waals surface area contributed by atoms with Crippen LogP contribution in [0.25, 0.3) is 23.1 Å². The number of hydrogen-bond acceptors (Lipinski definition) is 6. The van der Waals surface area contributed by atoms with E-state index >= 15 is 0 Å². The number of pyridine rings is 1. The van der Waals surface area contributed by atoms with E-state index in [2.05, 4.69) is 45.2 Å². The van der Waals surface area contributed by atoms with E-state index in [-0.39, 0.29) is 0 Å². The van der Waals surface area contributed by atoms with E-state index in [0.29, 0.717) is 18.3 Å². The molecule has 6 nitrogen and oxygen atoms in total. The first-order chi connectivity index (χ1) is 15.2. The Balaban J connectivity index is 1.71. The van der Waals surface area contributed by atoms with Crippen molar-refractivity contribution in [1.29, 1.82) is 0 Å². The van der Waals surface area contributed by atoms with Gasteiger partial charge in [-0.25, -0.2) is 4.98 Å². The molecule has 4 rings (SSSR count). The highest BCUT2D eigenvalue weighted by molar-refractivity contribution is 5.68. The lowest BCUT2D eigenvalue weighted by Gasteiger charge is -2.20. The van der Waals surface area contributed by atoms with Gasteiger partial charge in [-0.3, -0.25) is 0 Å². The highest BCUT2D eigenvalue weighted by Crippen LogP contribution is 2.25. The van der Waals surface area contributed by atoms with Gasteiger partial charge in [0, 0.05) is 31.3 Å². The normalized spacial score (nSPS) is 16.9. The van der Waals surface area contributed by atoms with Gasteiger partial charge in [0.05, 0.1) is 29.1 Å². The van der Waals surface area contributed by atoms with Crippen LogP contribution in [0.3, 0.4) is 0 Å². The number of allylic oxidation sites excluding steroid dienone is 1. The number of anilines is 1. The van der Waals surface area contributed by atoms with Crippen molar-refractivity contribution in [2.75, 3.05) is 58.9 Å². The molecule has 1 fully saturated rings. The predicted octanol–water partition coefficient (Wildman–Crippen LogP) is 1.25. The molecule has 2 aromatic rings. The van der Waals surface area contributed by atoms with Crippen LogP contribution in [0.1, 0.15) is 6.42 Å². The second-order valence-electron chi connectivity index (χ2n) is 7.88. The van der Waals surface area contributed by atoms with E-state index < -0.39 is 0 Å². The molecule has 0 saturated carbocycles. The zero-order valence-corrected chi connectivity index (χ0v) is 18.5. The van der Waals surface area contributed by atoms with E-state index in [4.69, 9.17) is 14.5 Å². The lowest BCUT2D eigenvalue weighted by Crippen LogP contribution is -2.37. The number of hydrogen-bond donors (Lipinski definition) is 2. The van der Waals surface area contributed by atoms with Crippen LogP contribution in [0.2, 0.25) is 0 Å². The number of benzene rings is 1. The lowest BCUT2D eigenvalue weighted by molar-refractivity contribution is 0.314. The van der Waals surface area contributed by atoms with Crippen molar-refractivity contribution in [3.8, 4) is 17.0 Å². The maximum absolute atomic E-state index is 5.75. The Hall–Kier alpha value is -3.01. The molecule has 1 atom stereocenters. The summed E-state index contributed by atoms with van der Waals surface area (Å²) in [4.78, 5) is 7.37. The minimum Gasteiger partial charge on any atom is -0.492 e. The van der Waals surface area contributed by atoms with Gasteiger partial charge in [0.2, 0.25) is 0 Å². The highest BCUT2D eigenvalue weighted by Gasteiger charge is 2.24. The Morgan fingerprint density at radius 1 is 1.16 bits per heavy atom. The van der Waals surface area contributed by atoms with E-state index in [0.717, 1.165) is 59.4 Å². The standard InChI is InChI=1S/C25H30N4O2/c1-26-11-13-31-20-6-4-19(5-7-20)23-15-25(29-12-10-18(17-29)16-27-2)22-9-8-21(30-3)14-24(22)28-23/h4-7,14-15,18,26-27H,10-13,16-17H2,1-3H3. The monoisotopic (exact) mass is 418 g/mol. The smallest absolute Gasteiger partial charge is 0.172 e. The Bertz CT molecular complexity index is 1110. The van der Waals surface area contributed by atoms with Gasteiger partial charge in [0.15, 0.2) is 5.76 Å². The number of ether oxygens (including phenoxy) is 2. The molecule has 0 spiro atoms. The Morgan fingerprint density at radius 2 is 2.00 bits per heavy atom. The van der Waals surface area contributed by atoms with Crippen molar-refractivity contribution in [2.45, 2.75) is 6.42 Å². The van der Waals surface area contributed by atoms with Gasteiger partial charge in [-0.1, -0.05) is 5.73 Å². The van der Waals surface area contributed by atoms with Crippen molar-refractivity contribution >= 4 is 17.5 Å². The maximum Gasteiger partial charge on any atom is 0.172 e. The molecule has 2 N–H and O–H groups in total. The van der Waals surface area contributed by atoms with Crippen LogP contribution in [0.15, 0.2) is 41.8 Å². The van der Waals surface area contributed by atoms with Crippen molar-refractivity contribution in [3.63, 3.8) is 0 Å². The molecule has 1 saturated heterocycles. The van der Waals surface area contributed by atoms with E-state index in [1.54, 1.807) is 7.11 Å². The Morgan fingerprint density at radius 3 is 2.74 bits per heavy atom. The average molecular weight is 419 g/mol. The maximum atomic E-state index is 5.75. The third-order valence-electron chi connectivity index (χ3n) is 5.72. The van der Waals surface area contributed by atoms with Crippen molar-refractivity contribution in [2.24, 2.45) is 5.92 Å². The summed E-state index contributed by atoms with van der Waals surface area (Å²) in [6.07, 6.45) is 3.12. The zero-order chi connectivity index (χ0) is 21.6. The van der Waals surface area contributed by atoms with E-state index in [1.807, 2.05) is 32.3 Å². The zero-order valence-electron chi connectivity index (χ0n) is 18.5. The van der Waals surface area contributed by atoms with Gasteiger partial charge in [0.1, 0.15) is 12.4 Å². The minimum absolute atomic E-state index is 0.642. The van der Waals surface area contributed by atoms with Gasteiger partial charge >= 0.3 is 0 Å². The number of fused-ring (bicyclic) bond motifs is 1. The third kappa shape index (κ3) is 4.84. The summed E-state index contributed by atoms with van der Waals surface area (Å²) in [5, 5.41) is 8.25. The second kappa shape index (κ2) is 9.86. The van der Waals surface area contributed by atoms with Crippen LogP contribution in [-0.4, -0.2) is 59.0 Å². The van der Waals surface area contributed by atoms with Gasteiger partial charge in [0.25, 0.3) is 0 Å². The Kier molecular flexibility index (Phi) is 6.76. The molecular formula is C25H30N4O2. The first kappa shape index (κ1) is 21.2. The fourth-order valence-corrected chi connectivity index (χ4v) is 4.07. The van der Waals surface area contributed by atoms with Crippen LogP contribution in [0.5, 0.6) is 5.75 Å². The molecule has 1 aromatic carbocycles. The van der Waals surface area contributed by atoms with Gasteiger partial charge in [-0.2, -0.15) is 0 Å². The summed E-state index contributed by atoms with van der Waals surface area (Å²) in [5.74, 6) is 2.15. The quantitative estimate of drug-likeness (QED) is 0.472. The molecule has 31 heavy (non-hydrogen) atoms. The molecular weight excluding hydrogens is 388 g/mol. The molecule has 2 heterocycles. The van der Waals surface area contributed by atoms with Crippen molar-refractivity contribution in [1.82, 2.24) is 15.6 Å². The molecule has 2 aliphatic rings. The molecule has 162 valence electrons. The first-order valence-corrected chi connectivity index (χ1v) is 10.8. The number of nitrogens with zero attached hydrogens (tertiary/aromatic N) is 2. The molecule has 0 bridgehead atoms. The van der Waals surface area contributed by atoms with Crippen LogP contribution in [0, 0.1) is 5.92 Å². The average Bonchev–Trinajstić information content (AvgIpc) is 3.27. The number of aromatic nitrogens is 1. The van der Waals surface area contributed by atoms with Gasteiger partial charge in [-0.05, 0) is 69.0 Å². The first-order valence-electron chi connectivity index (χ1n) is 10.8. The molecule has 0 radical (unpaired) electrons. The number of rotatable bonds is 9. The fraction of sp³-hybridized carbons (Fsp3) is 0.400. The largest absolute Gasteiger partial charge is 0.492 e. The second-order valence-corrected chi connectivity index (χ2v) is 7.88. The van der Waals surface area contributed by atoms with Crippen LogP contribution >= 0.6 is 0 Å². The van der Waals surface area contributed by atoms with Crippen LogP contribution < -0.4 is 30.8 Å². The Labute approximate surface area is 183 Å². The van der Waals surface area contributed by atoms with E-state index in [9.17, 15) is 0 Å². The molecule has 1 unspecified atom stereocenters. The molecule has 1 aromatic heterocycles. The van der Waals surface area contributed by atoms with Crippen LogP contribution in [-0.2, 0) is 4.74 Å². The lowest BCUT2D eigenvalue weighted by atomic mass is 10.1. The number of methoxy groups -OCH3 is 1. The summed E-state index contributed by atoms with van der Waals surface area (Å²) in [6.45, 7) is 4.55. The van der Waals surface area contributed by atoms with Crippen molar-refractivity contribution in [3.05, 3.63) is 52.4 Å². The summed E-state index contributed by atoms with van der Waals surface area (Å²) < 4.78 is 11.1. The minimum atomic E-state index is 0.642. The molecule has 0 amide bonds. The summed E-state index contributed by atoms with van der Waals surface area (Å²) in [6, 6.07) is 10.3. The molecule has 1 aliphatic carbocycles. The summed E-state index contributed by atoms with van der Waals surface area (Å²) in [5.41, 5.74) is 9.54. The molecule has 6 heteroatoms. The van der Waals surface area contributed by atoms with Gasteiger partial charge < -0.3 is 25.0 Å². The SMILES string of the molecule is CNCCOc1ccc(-c2cc(N3CCC(CNC)C3)c3c(n2)=CC(OC)=C=C=3)cc1. The highest BCUT2D eigenvalue weighted by atomic mass is 16.5. The van der Waals surface area contributed by atoms with Crippen molar-refractivity contribution < 1.29 is 9.47 Å². The summed E-state index contributed by atoms with van der Waals surface area (Å²) in [7, 11) is 5.58. The third-order valence-corrected chi connectivity index (χ3v) is 5.72. The molecule has 1 aliphatic heterocycles.